The van der Waals surface area contributed by atoms with Crippen molar-refractivity contribution in [3.8, 4) is 11.4 Å². The van der Waals surface area contributed by atoms with Gasteiger partial charge in [-0.3, -0.25) is 18.7 Å². The number of fused-ring (bicyclic) bond motifs is 2. The van der Waals surface area contributed by atoms with Crippen LogP contribution in [0.1, 0.15) is 56.1 Å². The Kier molecular flexibility index (Phi) is 14.7. The normalized spacial score (nSPS) is 11.7. The minimum atomic E-state index is -0.263. The maximum atomic E-state index is 13.4. The first-order valence-corrected chi connectivity index (χ1v) is 19.5. The van der Waals surface area contributed by atoms with Gasteiger partial charge in [-0.25, -0.2) is 15.0 Å². The molecule has 2 atom stereocenters. The molecular formula is C45H45Cl3N10O2. The van der Waals surface area contributed by atoms with Gasteiger partial charge >= 0.3 is 0 Å². The highest BCUT2D eigenvalue weighted by molar-refractivity contribution is 6.35. The van der Waals surface area contributed by atoms with Crippen LogP contribution in [-0.2, 0) is 0 Å². The predicted octanol–water partition coefficient (Wildman–Crippen LogP) is 9.82. The van der Waals surface area contributed by atoms with E-state index in [4.69, 9.17) is 52.0 Å². The molecule has 12 nitrogen and oxygen atoms in total. The topological polar surface area (TPSA) is 186 Å². The van der Waals surface area contributed by atoms with Crippen molar-refractivity contribution in [2.45, 2.75) is 47.2 Å². The van der Waals surface area contributed by atoms with E-state index < -0.39 is 0 Å². The summed E-state index contributed by atoms with van der Waals surface area (Å²) in [7, 11) is 0. The molecule has 0 radical (unpaired) electrons. The number of benzene rings is 4. The quantitative estimate of drug-likeness (QED) is 0.117. The first-order valence-electron chi connectivity index (χ1n) is 18.4. The van der Waals surface area contributed by atoms with Gasteiger partial charge in [0, 0.05) is 46.3 Å². The molecule has 7 N–H and O–H groups in total. The van der Waals surface area contributed by atoms with Crippen LogP contribution in [0.25, 0.3) is 32.9 Å². The van der Waals surface area contributed by atoms with Crippen LogP contribution in [0.15, 0.2) is 131 Å². The molecule has 15 heteroatoms. The van der Waals surface area contributed by atoms with Gasteiger partial charge in [0.1, 0.15) is 11.0 Å². The molecular weight excluding hydrogens is 819 g/mol. The Balaban J connectivity index is 0.000000192. The second-order valence-electron chi connectivity index (χ2n) is 13.6. The summed E-state index contributed by atoms with van der Waals surface area (Å²) >= 11 is 18.1. The zero-order valence-electron chi connectivity index (χ0n) is 32.6. The van der Waals surface area contributed by atoms with Gasteiger partial charge in [-0.2, -0.15) is 4.98 Å². The van der Waals surface area contributed by atoms with Crippen molar-refractivity contribution in [2.24, 2.45) is 5.73 Å². The van der Waals surface area contributed by atoms with Gasteiger partial charge in [-0.15, -0.1) is 0 Å². The molecule has 0 spiro atoms. The van der Waals surface area contributed by atoms with Crippen LogP contribution in [-0.4, -0.2) is 29.1 Å². The van der Waals surface area contributed by atoms with E-state index in [-0.39, 0.29) is 42.5 Å². The molecule has 60 heavy (non-hydrogen) atoms. The lowest BCUT2D eigenvalue weighted by Gasteiger charge is -2.21. The number of nitrogens with two attached hydrogens (primary N) is 3. The van der Waals surface area contributed by atoms with Gasteiger partial charge in [0.2, 0.25) is 11.9 Å². The number of rotatable bonds is 6. The molecule has 0 amide bonds. The fraction of sp³-hybridized carbons (Fsp3) is 0.156. The van der Waals surface area contributed by atoms with E-state index in [1.807, 2.05) is 131 Å². The molecule has 4 heterocycles. The van der Waals surface area contributed by atoms with E-state index in [2.05, 4.69) is 25.3 Å². The highest BCUT2D eigenvalue weighted by atomic mass is 35.5. The van der Waals surface area contributed by atoms with Crippen LogP contribution in [0, 0.1) is 13.8 Å². The van der Waals surface area contributed by atoms with E-state index >= 15 is 0 Å². The maximum absolute atomic E-state index is 13.4. The first-order chi connectivity index (χ1) is 28.2. The monoisotopic (exact) mass is 862 g/mol. The number of nitrogen functional groups attached to an aromatic ring is 2. The van der Waals surface area contributed by atoms with Gasteiger partial charge in [0.25, 0.3) is 11.1 Å². The van der Waals surface area contributed by atoms with Crippen molar-refractivity contribution in [3.05, 3.63) is 180 Å². The molecule has 4 aromatic carbocycles. The summed E-state index contributed by atoms with van der Waals surface area (Å²) in [6, 6.07) is 36.7. The number of hydrogen-bond donors (Lipinski definition) is 4. The van der Waals surface area contributed by atoms with E-state index in [0.717, 1.165) is 44.9 Å². The molecule has 8 aromatic rings. The third-order valence-electron chi connectivity index (χ3n) is 9.06. The second-order valence-corrected chi connectivity index (χ2v) is 14.8. The van der Waals surface area contributed by atoms with Crippen LogP contribution in [0.2, 0.25) is 15.2 Å². The van der Waals surface area contributed by atoms with Crippen molar-refractivity contribution in [1.29, 1.82) is 0 Å². The summed E-state index contributed by atoms with van der Waals surface area (Å²) in [5.41, 5.74) is 21.4. The number of nitrogens with zero attached hydrogens (tertiary/aromatic N) is 6. The third-order valence-corrected chi connectivity index (χ3v) is 9.89. The van der Waals surface area contributed by atoms with E-state index in [0.29, 0.717) is 31.8 Å². The lowest BCUT2D eigenvalue weighted by molar-refractivity contribution is 0.734. The number of pyridine rings is 2. The van der Waals surface area contributed by atoms with Crippen LogP contribution >= 0.6 is 34.8 Å². The highest BCUT2D eigenvalue weighted by Gasteiger charge is 2.19. The van der Waals surface area contributed by atoms with E-state index in [9.17, 15) is 9.59 Å². The average molecular weight is 864 g/mol. The Morgan fingerprint density at radius 1 is 0.583 bits per heavy atom. The molecule has 0 aliphatic rings. The van der Waals surface area contributed by atoms with Gasteiger partial charge in [0.15, 0.2) is 0 Å². The SMILES string of the molecule is C.C[C@H](N)c1cc2cccc(Cl)c2c(=O)n1-c1ccccc1.Cc1cc(Cl)nc(N)n1.Cc1cc(N[C@@H](C)c2cc3cccc(Cl)c3c(=O)n2-c2ccccc2)nc(N)n1. The zero-order chi connectivity index (χ0) is 42.4. The molecule has 4 aromatic heterocycles. The minimum Gasteiger partial charge on any atom is -0.368 e. The van der Waals surface area contributed by atoms with E-state index in [1.54, 1.807) is 27.3 Å². The smallest absolute Gasteiger partial charge is 0.264 e. The van der Waals surface area contributed by atoms with Crippen LogP contribution in [0.5, 0.6) is 0 Å². The summed E-state index contributed by atoms with van der Waals surface area (Å²) < 4.78 is 3.32. The molecule has 0 fully saturated rings. The Morgan fingerprint density at radius 3 is 1.48 bits per heavy atom. The van der Waals surface area contributed by atoms with Crippen molar-refractivity contribution in [2.75, 3.05) is 16.8 Å². The molecule has 0 aliphatic heterocycles. The van der Waals surface area contributed by atoms with Crippen LogP contribution in [0.3, 0.4) is 0 Å². The first kappa shape index (κ1) is 44.8. The largest absolute Gasteiger partial charge is 0.368 e. The average Bonchev–Trinajstić information content (AvgIpc) is 3.18. The number of aryl methyl sites for hydroxylation is 2. The Hall–Kier alpha value is -6.31. The van der Waals surface area contributed by atoms with Crippen LogP contribution < -0.4 is 33.6 Å². The summed E-state index contributed by atoms with van der Waals surface area (Å²) in [5.74, 6) is 1.02. The third kappa shape index (κ3) is 10.3. The molecule has 308 valence electrons. The summed E-state index contributed by atoms with van der Waals surface area (Å²) in [5, 5.41) is 7.23. The Labute approximate surface area is 362 Å². The molecule has 8 rings (SSSR count). The predicted molar refractivity (Wildman–Crippen MR) is 248 cm³/mol. The van der Waals surface area contributed by atoms with Crippen molar-refractivity contribution >= 4 is 74.1 Å². The summed E-state index contributed by atoms with van der Waals surface area (Å²) in [4.78, 5) is 42.2. The molecule has 0 unspecified atom stereocenters. The van der Waals surface area contributed by atoms with Gasteiger partial charge < -0.3 is 22.5 Å². The maximum Gasteiger partial charge on any atom is 0.264 e. The van der Waals surface area contributed by atoms with Crippen molar-refractivity contribution in [3.63, 3.8) is 0 Å². The Bertz CT molecular complexity index is 2820. The fourth-order valence-corrected chi connectivity index (χ4v) is 7.30. The van der Waals surface area contributed by atoms with E-state index in [1.165, 1.54) is 0 Å². The van der Waals surface area contributed by atoms with Crippen molar-refractivity contribution in [1.82, 2.24) is 29.1 Å². The number of para-hydroxylation sites is 2. The zero-order valence-corrected chi connectivity index (χ0v) is 34.8. The standard InChI is InChI=1S/C22H20ClN5O.C17H15ClN2O.C5H6ClN3.CH4/c1-13-11-19(27-22(24)25-13)26-14(2)18-12-15-7-6-10-17(23)20(15)21(29)28(18)16-8-4-3-5-9-16;1-11(19)15-10-12-6-5-9-14(18)16(12)17(21)20(15)13-7-3-2-4-8-13;1-3-2-4(6)9-5(7)8-3;/h3-12,14H,1-2H3,(H3,24,25,26,27);2-11H,19H2,1H3;2H,1H3,(H2,7,8,9);1H4/t14-;11-;;/m00../s1. The summed E-state index contributed by atoms with van der Waals surface area (Å²) in [6.45, 7) is 7.50. The fourth-order valence-electron chi connectivity index (χ4n) is 6.53. The number of aromatic nitrogens is 6. The number of nitrogens with one attached hydrogen (secondary N) is 1. The van der Waals surface area contributed by atoms with Gasteiger partial charge in [-0.05, 0) is 93.1 Å². The van der Waals surface area contributed by atoms with Gasteiger partial charge in [-0.1, -0.05) is 103 Å². The highest BCUT2D eigenvalue weighted by Crippen LogP contribution is 2.28. The lowest BCUT2D eigenvalue weighted by atomic mass is 10.1. The summed E-state index contributed by atoms with van der Waals surface area (Å²) in [6.07, 6.45) is 0. The van der Waals surface area contributed by atoms with Crippen molar-refractivity contribution < 1.29 is 0 Å². The van der Waals surface area contributed by atoms with Crippen LogP contribution in [0.4, 0.5) is 17.7 Å². The lowest BCUT2D eigenvalue weighted by Crippen LogP contribution is -2.26. The molecule has 0 saturated heterocycles. The van der Waals surface area contributed by atoms with Gasteiger partial charge in [0.05, 0.1) is 26.9 Å². The number of hydrogen-bond acceptors (Lipinski definition) is 10. The molecule has 0 bridgehead atoms. The molecule has 0 saturated carbocycles. The number of halogens is 3. The minimum absolute atomic E-state index is 0. The number of anilines is 3. The molecule has 0 aliphatic carbocycles. The Morgan fingerprint density at radius 2 is 1.03 bits per heavy atom. The second kappa shape index (κ2) is 19.6.